The van der Waals surface area contributed by atoms with Gasteiger partial charge in [-0.05, 0) is 42.7 Å². The maximum atomic E-state index is 10.9. The van der Waals surface area contributed by atoms with Crippen molar-refractivity contribution in [1.29, 1.82) is 0 Å². The van der Waals surface area contributed by atoms with Crippen LogP contribution in [0.5, 0.6) is 11.5 Å². The second kappa shape index (κ2) is 9.95. The van der Waals surface area contributed by atoms with Crippen LogP contribution in [0, 0.1) is 0 Å². The molecule has 4 rings (SSSR count). The summed E-state index contributed by atoms with van der Waals surface area (Å²) in [5, 5.41) is 15.6. The van der Waals surface area contributed by atoms with Crippen molar-refractivity contribution in [2.24, 2.45) is 4.99 Å². The number of phenols is 1. The number of hydrogen-bond donors (Lipinski definition) is 2. The number of benzene rings is 3. The number of rotatable bonds is 6. The molecule has 2 atom stereocenters. The third-order valence-electron chi connectivity index (χ3n) is 5.70. The highest BCUT2D eigenvalue weighted by Gasteiger charge is 2.29. The smallest absolute Gasteiger partial charge is 0.162 e. The maximum absolute atomic E-state index is 10.9. The van der Waals surface area contributed by atoms with Gasteiger partial charge in [-0.25, -0.2) is 0 Å². The fourth-order valence-corrected chi connectivity index (χ4v) is 4.50. The van der Waals surface area contributed by atoms with Crippen LogP contribution >= 0.6 is 23.2 Å². The summed E-state index contributed by atoms with van der Waals surface area (Å²) in [5.74, 6) is 0.625. The van der Waals surface area contributed by atoms with E-state index in [1.807, 2.05) is 31.2 Å². The second-order valence-electron chi connectivity index (χ2n) is 7.75. The van der Waals surface area contributed by atoms with Gasteiger partial charge in [0.05, 0.1) is 6.61 Å². The molecule has 0 spiro atoms. The monoisotopic (exact) mass is 468 g/mol. The third-order valence-corrected chi connectivity index (χ3v) is 6.26. The molecule has 0 aliphatic carbocycles. The Bertz CT molecular complexity index is 1130. The zero-order chi connectivity index (χ0) is 22.7. The van der Waals surface area contributed by atoms with E-state index in [2.05, 4.69) is 36.5 Å². The Hall–Kier alpha value is -2.53. The molecule has 0 fully saturated rings. The molecule has 0 saturated heterocycles. The number of aliphatic imine (C=N–C) groups is 1. The van der Waals surface area contributed by atoms with Gasteiger partial charge < -0.3 is 9.84 Å². The summed E-state index contributed by atoms with van der Waals surface area (Å²) in [6, 6.07) is 19.3. The van der Waals surface area contributed by atoms with E-state index in [9.17, 15) is 5.11 Å². The maximum Gasteiger partial charge on any atom is 0.162 e. The number of phenolic OH excluding ortho intramolecular Hbond substituents is 1. The standard InChI is InChI=1S/C26H26Cl2N2O2/c1-3-16-8-10-17(11-9-16)22-15-23(20-6-5-7-24(25(20)31)32-4-2)30-26(29-22)19-13-12-18(27)14-21(19)28/h5-14,23,26,30-31H,3-4,15H2,1-2H3/t23-,26+/m1/s1. The van der Waals surface area contributed by atoms with Crippen LogP contribution in [0.2, 0.25) is 10.0 Å². The number of nitrogens with one attached hydrogen (secondary N) is 1. The number of halogens is 2. The summed E-state index contributed by atoms with van der Waals surface area (Å²) in [6.07, 6.45) is 1.23. The molecule has 0 unspecified atom stereocenters. The SMILES string of the molecule is CCOc1cccc([C@H]2CC(c3ccc(CC)cc3)=N[C@H](c3ccc(Cl)cc3Cl)N2)c1O. The molecule has 1 heterocycles. The van der Waals surface area contributed by atoms with Crippen molar-refractivity contribution >= 4 is 28.9 Å². The zero-order valence-corrected chi connectivity index (χ0v) is 19.6. The molecule has 1 aliphatic heterocycles. The summed E-state index contributed by atoms with van der Waals surface area (Å²) in [4.78, 5) is 5.00. The highest BCUT2D eigenvalue weighted by atomic mass is 35.5. The Morgan fingerprint density at radius 3 is 2.50 bits per heavy atom. The third kappa shape index (κ3) is 4.78. The Morgan fingerprint density at radius 2 is 1.81 bits per heavy atom. The average Bonchev–Trinajstić information content (AvgIpc) is 2.80. The van der Waals surface area contributed by atoms with Crippen molar-refractivity contribution in [3.63, 3.8) is 0 Å². The van der Waals surface area contributed by atoms with E-state index in [0.717, 1.165) is 28.8 Å². The van der Waals surface area contributed by atoms with E-state index in [1.54, 1.807) is 12.1 Å². The van der Waals surface area contributed by atoms with Crippen molar-refractivity contribution in [2.45, 2.75) is 38.9 Å². The van der Waals surface area contributed by atoms with Crippen molar-refractivity contribution in [2.75, 3.05) is 6.61 Å². The minimum atomic E-state index is -0.380. The molecule has 0 saturated carbocycles. The molecule has 1 aliphatic rings. The lowest BCUT2D eigenvalue weighted by atomic mass is 9.93. The van der Waals surface area contributed by atoms with Gasteiger partial charge in [-0.15, -0.1) is 0 Å². The predicted octanol–water partition coefficient (Wildman–Crippen LogP) is 6.88. The molecule has 3 aromatic carbocycles. The molecule has 6 heteroatoms. The van der Waals surface area contributed by atoms with Crippen molar-refractivity contribution in [3.8, 4) is 11.5 Å². The normalized spacial score (nSPS) is 18.3. The van der Waals surface area contributed by atoms with E-state index in [-0.39, 0.29) is 18.0 Å². The van der Waals surface area contributed by atoms with Crippen LogP contribution in [0.1, 0.15) is 54.7 Å². The van der Waals surface area contributed by atoms with Gasteiger partial charge in [-0.3, -0.25) is 10.3 Å². The number of aryl methyl sites for hydroxylation is 1. The minimum absolute atomic E-state index is 0.149. The highest BCUT2D eigenvalue weighted by Crippen LogP contribution is 2.40. The fraction of sp³-hybridized carbons (Fsp3) is 0.269. The van der Waals surface area contributed by atoms with Crippen molar-refractivity contribution < 1.29 is 9.84 Å². The van der Waals surface area contributed by atoms with Crippen molar-refractivity contribution in [3.05, 3.63) is 93.0 Å². The lowest BCUT2D eigenvalue weighted by Gasteiger charge is -2.31. The lowest BCUT2D eigenvalue weighted by Crippen LogP contribution is -2.33. The van der Waals surface area contributed by atoms with Gasteiger partial charge in [0.1, 0.15) is 6.17 Å². The number of aromatic hydroxyl groups is 1. The number of para-hydroxylation sites is 1. The van der Waals surface area contributed by atoms with Gasteiger partial charge in [0.25, 0.3) is 0 Å². The van der Waals surface area contributed by atoms with Crippen LogP contribution < -0.4 is 10.1 Å². The van der Waals surface area contributed by atoms with E-state index in [4.69, 9.17) is 32.9 Å². The van der Waals surface area contributed by atoms with Gasteiger partial charge in [0, 0.05) is 39.3 Å². The van der Waals surface area contributed by atoms with Gasteiger partial charge in [0.2, 0.25) is 0 Å². The number of ether oxygens (including phenoxy) is 1. The lowest BCUT2D eigenvalue weighted by molar-refractivity contribution is 0.313. The topological polar surface area (TPSA) is 53.8 Å². The zero-order valence-electron chi connectivity index (χ0n) is 18.1. The summed E-state index contributed by atoms with van der Waals surface area (Å²) < 4.78 is 5.61. The molecule has 166 valence electrons. The molecule has 0 amide bonds. The van der Waals surface area contributed by atoms with Gasteiger partial charge in [0.15, 0.2) is 11.5 Å². The first kappa shape index (κ1) is 22.7. The first-order valence-corrected chi connectivity index (χ1v) is 11.6. The number of hydrogen-bond acceptors (Lipinski definition) is 4. The van der Waals surface area contributed by atoms with Crippen LogP contribution in [-0.4, -0.2) is 17.4 Å². The molecule has 0 aromatic heterocycles. The summed E-state index contributed by atoms with van der Waals surface area (Å²) in [6.45, 7) is 4.52. The largest absolute Gasteiger partial charge is 0.504 e. The Morgan fingerprint density at radius 1 is 1.03 bits per heavy atom. The van der Waals surface area contributed by atoms with Crippen LogP contribution in [0.15, 0.2) is 65.7 Å². The van der Waals surface area contributed by atoms with E-state index in [1.165, 1.54) is 5.56 Å². The first-order valence-electron chi connectivity index (χ1n) is 10.8. The number of nitrogens with zero attached hydrogens (tertiary/aromatic N) is 1. The van der Waals surface area contributed by atoms with Gasteiger partial charge in [-0.2, -0.15) is 0 Å². The van der Waals surface area contributed by atoms with Gasteiger partial charge >= 0.3 is 0 Å². The Kier molecular flexibility index (Phi) is 7.04. The van der Waals surface area contributed by atoms with E-state index in [0.29, 0.717) is 28.8 Å². The summed E-state index contributed by atoms with van der Waals surface area (Å²) in [7, 11) is 0. The molecule has 3 aromatic rings. The molecular weight excluding hydrogens is 443 g/mol. The quantitative estimate of drug-likeness (QED) is 0.414. The van der Waals surface area contributed by atoms with Crippen LogP contribution in [-0.2, 0) is 6.42 Å². The summed E-state index contributed by atoms with van der Waals surface area (Å²) >= 11 is 12.6. The predicted molar refractivity (Wildman–Crippen MR) is 131 cm³/mol. The van der Waals surface area contributed by atoms with E-state index >= 15 is 0 Å². The molecule has 2 N–H and O–H groups in total. The molecule has 0 bridgehead atoms. The Labute approximate surface area is 198 Å². The average molecular weight is 469 g/mol. The Balaban J connectivity index is 1.77. The van der Waals surface area contributed by atoms with Crippen LogP contribution in [0.25, 0.3) is 0 Å². The second-order valence-corrected chi connectivity index (χ2v) is 8.59. The van der Waals surface area contributed by atoms with E-state index < -0.39 is 0 Å². The first-order chi connectivity index (χ1) is 15.5. The van der Waals surface area contributed by atoms with Gasteiger partial charge in [-0.1, -0.05) is 72.6 Å². The van der Waals surface area contributed by atoms with Crippen molar-refractivity contribution in [1.82, 2.24) is 5.32 Å². The molecule has 32 heavy (non-hydrogen) atoms. The summed E-state index contributed by atoms with van der Waals surface area (Å²) in [5.41, 5.74) is 4.89. The fourth-order valence-electron chi connectivity index (χ4n) is 3.99. The highest BCUT2D eigenvalue weighted by molar-refractivity contribution is 6.35. The molecule has 4 nitrogen and oxygen atoms in total. The molecule has 0 radical (unpaired) electrons. The minimum Gasteiger partial charge on any atom is -0.504 e. The van der Waals surface area contributed by atoms with Crippen LogP contribution in [0.4, 0.5) is 0 Å². The van der Waals surface area contributed by atoms with Crippen LogP contribution in [0.3, 0.4) is 0 Å². The molecular formula is C26H26Cl2N2O2.